The molecule has 1 heterocycles. The maximum absolute atomic E-state index is 13.7. The second-order valence-corrected chi connectivity index (χ2v) is 3.80. The van der Waals surface area contributed by atoms with Crippen LogP contribution in [0.2, 0.25) is 0 Å². The lowest BCUT2D eigenvalue weighted by Crippen LogP contribution is -2.11. The van der Waals surface area contributed by atoms with Gasteiger partial charge in [0.1, 0.15) is 5.82 Å². The van der Waals surface area contributed by atoms with E-state index in [2.05, 4.69) is 26.8 Å². The van der Waals surface area contributed by atoms with Crippen LogP contribution < -0.4 is 5.32 Å². The predicted octanol–water partition coefficient (Wildman–Crippen LogP) is 1.80. The van der Waals surface area contributed by atoms with Crippen molar-refractivity contribution < 1.29 is 18.8 Å². The van der Waals surface area contributed by atoms with E-state index in [1.807, 2.05) is 0 Å². The zero-order valence-corrected chi connectivity index (χ0v) is 10.4. The number of nitrogens with zero attached hydrogens (tertiary/aromatic N) is 1. The van der Waals surface area contributed by atoms with E-state index in [1.54, 1.807) is 0 Å². The Kier molecular flexibility index (Phi) is 4.47. The smallest absolute Gasteiger partial charge is 0.294 e. The second-order valence-electron chi connectivity index (χ2n) is 3.80. The lowest BCUT2D eigenvalue weighted by Gasteiger charge is -2.03. The van der Waals surface area contributed by atoms with Crippen molar-refractivity contribution in [3.8, 4) is 11.8 Å². The Labute approximate surface area is 114 Å². The van der Waals surface area contributed by atoms with Crippen molar-refractivity contribution in [2.24, 2.45) is 0 Å². The summed E-state index contributed by atoms with van der Waals surface area (Å²) in [6, 6.07) is 5.55. The lowest BCUT2D eigenvalue weighted by molar-refractivity contribution is 0.0988. The maximum Gasteiger partial charge on any atom is 0.294 e. The minimum Gasteiger partial charge on any atom is -0.395 e. The number of halogens is 1. The quantitative estimate of drug-likeness (QED) is 0.837. The summed E-state index contributed by atoms with van der Waals surface area (Å²) in [6.07, 6.45) is 1.62. The summed E-state index contributed by atoms with van der Waals surface area (Å²) < 4.78 is 18.4. The van der Waals surface area contributed by atoms with Crippen LogP contribution in [0.3, 0.4) is 0 Å². The number of aromatic nitrogens is 1. The van der Waals surface area contributed by atoms with Gasteiger partial charge in [0.15, 0.2) is 0 Å². The number of hydrogen-bond acceptors (Lipinski definition) is 4. The molecule has 0 saturated carbocycles. The molecule has 0 spiro atoms. The number of anilines is 1. The molecule has 6 heteroatoms. The fraction of sp³-hybridized carbons (Fsp3) is 0.143. The third-order valence-electron chi connectivity index (χ3n) is 2.35. The summed E-state index contributed by atoms with van der Waals surface area (Å²) in [5.74, 6) is 4.20. The summed E-state index contributed by atoms with van der Waals surface area (Å²) in [5, 5.41) is 14.5. The van der Waals surface area contributed by atoms with Crippen LogP contribution in [-0.4, -0.2) is 22.8 Å². The zero-order chi connectivity index (χ0) is 14.4. The minimum atomic E-state index is -0.550. The maximum atomic E-state index is 13.7. The largest absolute Gasteiger partial charge is 0.395 e. The number of aliphatic hydroxyl groups excluding tert-OH is 1. The normalized spacial score (nSPS) is 9.70. The van der Waals surface area contributed by atoms with Crippen LogP contribution >= 0.6 is 0 Å². The van der Waals surface area contributed by atoms with E-state index in [9.17, 15) is 9.18 Å². The van der Waals surface area contributed by atoms with Gasteiger partial charge in [-0.2, -0.15) is 0 Å². The summed E-state index contributed by atoms with van der Waals surface area (Å²) in [4.78, 5) is 11.7. The third kappa shape index (κ3) is 3.43. The molecule has 1 amide bonds. The molecule has 0 fully saturated rings. The number of nitrogens with one attached hydrogen (secondary N) is 1. The Hall–Kier alpha value is -2.65. The number of benzene rings is 1. The molecule has 0 unspecified atom stereocenters. The molecule has 2 rings (SSSR count). The predicted molar refractivity (Wildman–Crippen MR) is 69.4 cm³/mol. The molecule has 2 N–H and O–H groups in total. The molecule has 0 radical (unpaired) electrons. The van der Waals surface area contributed by atoms with E-state index in [-0.39, 0.29) is 30.0 Å². The summed E-state index contributed by atoms with van der Waals surface area (Å²) >= 11 is 0. The SMILES string of the molecule is O=C(Nc1ccc(C#CCCO)c(F)c1)c1ccno1. The van der Waals surface area contributed by atoms with Crippen molar-refractivity contribution in [3.63, 3.8) is 0 Å². The number of aliphatic hydroxyl groups is 1. The number of hydrogen-bond donors (Lipinski definition) is 2. The molecule has 5 nitrogen and oxygen atoms in total. The molecular weight excluding hydrogens is 263 g/mol. The number of carbonyl (C=O) groups excluding carboxylic acids is 1. The molecule has 0 aliphatic heterocycles. The Morgan fingerprint density at radius 2 is 2.30 bits per heavy atom. The van der Waals surface area contributed by atoms with Crippen LogP contribution in [-0.2, 0) is 0 Å². The number of carbonyl (C=O) groups is 1. The van der Waals surface area contributed by atoms with Gasteiger partial charge in [0, 0.05) is 18.2 Å². The molecule has 0 saturated heterocycles. The van der Waals surface area contributed by atoms with E-state index in [0.717, 1.165) is 6.07 Å². The Bertz CT molecular complexity index is 657. The first-order valence-corrected chi connectivity index (χ1v) is 5.82. The first kappa shape index (κ1) is 13.8. The molecule has 0 aliphatic rings. The fourth-order valence-electron chi connectivity index (χ4n) is 1.43. The van der Waals surface area contributed by atoms with E-state index in [4.69, 9.17) is 5.11 Å². The molecule has 2 aromatic rings. The second kappa shape index (κ2) is 6.50. The van der Waals surface area contributed by atoms with Gasteiger partial charge in [-0.1, -0.05) is 17.0 Å². The molecule has 0 bridgehead atoms. The van der Waals surface area contributed by atoms with Gasteiger partial charge in [0.05, 0.1) is 18.4 Å². The van der Waals surface area contributed by atoms with Crippen molar-refractivity contribution in [2.45, 2.75) is 6.42 Å². The highest BCUT2D eigenvalue weighted by Crippen LogP contribution is 2.15. The average molecular weight is 274 g/mol. The van der Waals surface area contributed by atoms with Crippen LogP contribution in [0.5, 0.6) is 0 Å². The molecule has 1 aromatic heterocycles. The lowest BCUT2D eigenvalue weighted by atomic mass is 10.2. The van der Waals surface area contributed by atoms with Gasteiger partial charge in [0.25, 0.3) is 5.91 Å². The molecule has 20 heavy (non-hydrogen) atoms. The van der Waals surface area contributed by atoms with E-state index < -0.39 is 11.7 Å². The van der Waals surface area contributed by atoms with Gasteiger partial charge in [-0.05, 0) is 18.2 Å². The highest BCUT2D eigenvalue weighted by atomic mass is 19.1. The van der Waals surface area contributed by atoms with Crippen molar-refractivity contribution in [3.05, 3.63) is 47.6 Å². The molecule has 102 valence electrons. The zero-order valence-electron chi connectivity index (χ0n) is 10.4. The number of amides is 1. The van der Waals surface area contributed by atoms with Gasteiger partial charge in [-0.3, -0.25) is 4.79 Å². The Morgan fingerprint density at radius 3 is 2.95 bits per heavy atom. The van der Waals surface area contributed by atoms with Crippen molar-refractivity contribution >= 4 is 11.6 Å². The van der Waals surface area contributed by atoms with Gasteiger partial charge in [-0.15, -0.1) is 0 Å². The highest BCUT2D eigenvalue weighted by Gasteiger charge is 2.10. The summed E-state index contributed by atoms with van der Waals surface area (Å²) in [6.45, 7) is -0.0695. The summed E-state index contributed by atoms with van der Waals surface area (Å²) in [5.41, 5.74) is 0.493. The standard InChI is InChI=1S/C14H11FN2O3/c15-12-9-11(5-4-10(12)3-1-2-8-18)17-14(19)13-6-7-16-20-13/h4-7,9,18H,2,8H2,(H,17,19). The third-order valence-corrected chi connectivity index (χ3v) is 2.35. The average Bonchev–Trinajstić information content (AvgIpc) is 2.95. The van der Waals surface area contributed by atoms with Crippen LogP contribution in [0.15, 0.2) is 35.0 Å². The topological polar surface area (TPSA) is 75.4 Å². The monoisotopic (exact) mass is 274 g/mol. The first-order valence-electron chi connectivity index (χ1n) is 5.82. The van der Waals surface area contributed by atoms with Crippen molar-refractivity contribution in [1.29, 1.82) is 0 Å². The minimum absolute atomic E-state index is 0.0391. The molecular formula is C14H11FN2O3. The van der Waals surface area contributed by atoms with E-state index in [0.29, 0.717) is 0 Å². The van der Waals surface area contributed by atoms with E-state index in [1.165, 1.54) is 24.4 Å². The van der Waals surface area contributed by atoms with Gasteiger partial charge < -0.3 is 14.9 Å². The summed E-state index contributed by atoms with van der Waals surface area (Å²) in [7, 11) is 0. The molecule has 0 atom stereocenters. The van der Waals surface area contributed by atoms with Crippen molar-refractivity contribution in [1.82, 2.24) is 5.16 Å². The van der Waals surface area contributed by atoms with Crippen LogP contribution in [0.1, 0.15) is 22.5 Å². The molecule has 0 aliphatic carbocycles. The van der Waals surface area contributed by atoms with Crippen LogP contribution in [0.25, 0.3) is 0 Å². The number of rotatable bonds is 3. The van der Waals surface area contributed by atoms with Crippen LogP contribution in [0, 0.1) is 17.7 Å². The van der Waals surface area contributed by atoms with Gasteiger partial charge in [-0.25, -0.2) is 4.39 Å². The first-order chi connectivity index (χ1) is 9.70. The Morgan fingerprint density at radius 1 is 1.45 bits per heavy atom. The van der Waals surface area contributed by atoms with Gasteiger partial charge in [0.2, 0.25) is 5.76 Å². The molecule has 1 aromatic carbocycles. The Balaban J connectivity index is 2.10. The van der Waals surface area contributed by atoms with Crippen LogP contribution in [0.4, 0.5) is 10.1 Å². The fourth-order valence-corrected chi connectivity index (χ4v) is 1.43. The van der Waals surface area contributed by atoms with Crippen molar-refractivity contribution in [2.75, 3.05) is 11.9 Å². The van der Waals surface area contributed by atoms with E-state index >= 15 is 0 Å². The highest BCUT2D eigenvalue weighted by molar-refractivity contribution is 6.02. The van der Waals surface area contributed by atoms with Gasteiger partial charge >= 0.3 is 0 Å².